The predicted molar refractivity (Wildman–Crippen MR) is 90.3 cm³/mol. The fraction of sp³-hybridized carbons (Fsp3) is 0.474. The van der Waals surface area contributed by atoms with E-state index in [1.807, 2.05) is 13.0 Å². The highest BCUT2D eigenvalue weighted by atomic mass is 16.4. The Morgan fingerprint density at radius 3 is 2.83 bits per heavy atom. The SMILES string of the molecule is Cc1nc(CCCCc2ccccc2)oc1N1CCC[C@H]1C#N. The molecule has 0 radical (unpaired) electrons. The van der Waals surface area contributed by atoms with Gasteiger partial charge in [-0.25, -0.2) is 4.98 Å². The zero-order valence-corrected chi connectivity index (χ0v) is 13.7. The van der Waals surface area contributed by atoms with Crippen LogP contribution in [0, 0.1) is 18.3 Å². The summed E-state index contributed by atoms with van der Waals surface area (Å²) < 4.78 is 5.95. The number of oxazole rings is 1. The van der Waals surface area contributed by atoms with Crippen molar-refractivity contribution in [2.24, 2.45) is 0 Å². The van der Waals surface area contributed by atoms with Crippen LogP contribution in [0.3, 0.4) is 0 Å². The van der Waals surface area contributed by atoms with Gasteiger partial charge < -0.3 is 9.32 Å². The third-order valence-corrected chi connectivity index (χ3v) is 4.43. The molecule has 1 aliphatic rings. The van der Waals surface area contributed by atoms with E-state index in [1.165, 1.54) is 5.56 Å². The van der Waals surface area contributed by atoms with Crippen molar-refractivity contribution in [2.45, 2.75) is 51.5 Å². The molecule has 0 saturated carbocycles. The van der Waals surface area contributed by atoms with Crippen molar-refractivity contribution < 1.29 is 4.42 Å². The number of aromatic nitrogens is 1. The standard InChI is InChI=1S/C19H23N3O/c1-15-19(22-13-7-11-17(22)14-20)23-18(21-15)12-6-5-10-16-8-3-2-4-9-16/h2-4,8-9,17H,5-7,10-13H2,1H3/t17-/m0/s1. The lowest BCUT2D eigenvalue weighted by Crippen LogP contribution is -2.27. The van der Waals surface area contributed by atoms with Gasteiger partial charge >= 0.3 is 0 Å². The molecule has 2 aromatic rings. The lowest BCUT2D eigenvalue weighted by Gasteiger charge is -2.18. The van der Waals surface area contributed by atoms with Crippen molar-refractivity contribution in [2.75, 3.05) is 11.4 Å². The van der Waals surface area contributed by atoms with Gasteiger partial charge in [0.1, 0.15) is 11.7 Å². The molecule has 1 aromatic heterocycles. The van der Waals surface area contributed by atoms with Crippen molar-refractivity contribution in [1.82, 2.24) is 4.98 Å². The summed E-state index contributed by atoms with van der Waals surface area (Å²) in [7, 11) is 0. The van der Waals surface area contributed by atoms with Gasteiger partial charge in [0.25, 0.3) is 0 Å². The second-order valence-corrected chi connectivity index (χ2v) is 6.17. The maximum Gasteiger partial charge on any atom is 0.220 e. The molecule has 0 unspecified atom stereocenters. The molecule has 23 heavy (non-hydrogen) atoms. The molecule has 0 N–H and O–H groups in total. The Labute approximate surface area is 137 Å². The summed E-state index contributed by atoms with van der Waals surface area (Å²) in [4.78, 5) is 6.62. The third kappa shape index (κ3) is 3.73. The van der Waals surface area contributed by atoms with Crippen LogP contribution in [0.2, 0.25) is 0 Å². The van der Waals surface area contributed by atoms with Gasteiger partial charge in [0, 0.05) is 13.0 Å². The van der Waals surface area contributed by atoms with Crippen LogP contribution < -0.4 is 4.90 Å². The van der Waals surface area contributed by atoms with E-state index in [-0.39, 0.29) is 6.04 Å². The molecule has 0 spiro atoms. The van der Waals surface area contributed by atoms with E-state index in [4.69, 9.17) is 4.42 Å². The summed E-state index contributed by atoms with van der Waals surface area (Å²) in [5.74, 6) is 1.60. The highest BCUT2D eigenvalue weighted by Gasteiger charge is 2.28. The molecule has 1 aromatic carbocycles. The summed E-state index contributed by atoms with van der Waals surface area (Å²) in [5.41, 5.74) is 2.29. The van der Waals surface area contributed by atoms with Gasteiger partial charge in [-0.3, -0.25) is 0 Å². The molecule has 1 fully saturated rings. The van der Waals surface area contributed by atoms with Crippen LogP contribution in [0.15, 0.2) is 34.7 Å². The minimum atomic E-state index is -0.0624. The zero-order chi connectivity index (χ0) is 16.1. The highest BCUT2D eigenvalue weighted by Crippen LogP contribution is 2.29. The van der Waals surface area contributed by atoms with Crippen molar-refractivity contribution >= 4 is 5.88 Å². The second kappa shape index (κ2) is 7.32. The molecule has 2 heterocycles. The summed E-state index contributed by atoms with van der Waals surface area (Å²) in [6, 6.07) is 12.9. The molecule has 1 atom stereocenters. The number of hydrogen-bond acceptors (Lipinski definition) is 4. The smallest absolute Gasteiger partial charge is 0.220 e. The van der Waals surface area contributed by atoms with Crippen LogP contribution in [0.1, 0.15) is 42.8 Å². The lowest BCUT2D eigenvalue weighted by atomic mass is 10.1. The van der Waals surface area contributed by atoms with Crippen molar-refractivity contribution in [3.63, 3.8) is 0 Å². The molecule has 4 heteroatoms. The Morgan fingerprint density at radius 1 is 1.26 bits per heavy atom. The number of aryl methyl sites for hydroxylation is 3. The third-order valence-electron chi connectivity index (χ3n) is 4.43. The van der Waals surface area contributed by atoms with Gasteiger partial charge in [-0.2, -0.15) is 5.26 Å². The average molecular weight is 309 g/mol. The number of rotatable bonds is 6. The van der Waals surface area contributed by atoms with Gasteiger partial charge in [0.15, 0.2) is 5.89 Å². The Morgan fingerprint density at radius 2 is 2.04 bits per heavy atom. The number of unbranched alkanes of at least 4 members (excludes halogenated alkanes) is 1. The van der Waals surface area contributed by atoms with Crippen molar-refractivity contribution in [1.29, 1.82) is 5.26 Å². The van der Waals surface area contributed by atoms with E-state index in [1.54, 1.807) is 0 Å². The van der Waals surface area contributed by atoms with Crippen LogP contribution in [0.25, 0.3) is 0 Å². The summed E-state index contributed by atoms with van der Waals surface area (Å²) >= 11 is 0. The molecule has 4 nitrogen and oxygen atoms in total. The highest BCUT2D eigenvalue weighted by molar-refractivity contribution is 5.44. The maximum atomic E-state index is 9.22. The molecule has 3 rings (SSSR count). The number of anilines is 1. The molecule has 1 aliphatic heterocycles. The molecular formula is C19H23N3O. The Bertz CT molecular complexity index is 672. The Hall–Kier alpha value is -2.28. The summed E-state index contributed by atoms with van der Waals surface area (Å²) in [5, 5.41) is 9.22. The minimum Gasteiger partial charge on any atom is -0.425 e. The molecule has 0 aliphatic carbocycles. The largest absolute Gasteiger partial charge is 0.425 e. The van der Waals surface area contributed by atoms with Crippen LogP contribution in [-0.4, -0.2) is 17.6 Å². The first kappa shape index (κ1) is 15.6. The van der Waals surface area contributed by atoms with E-state index >= 15 is 0 Å². The van der Waals surface area contributed by atoms with Crippen molar-refractivity contribution in [3.05, 3.63) is 47.5 Å². The van der Waals surface area contributed by atoms with Crippen molar-refractivity contribution in [3.8, 4) is 6.07 Å². The minimum absolute atomic E-state index is 0.0624. The van der Waals surface area contributed by atoms with Crippen LogP contribution in [-0.2, 0) is 12.8 Å². The van der Waals surface area contributed by atoms with Crippen LogP contribution >= 0.6 is 0 Å². The molecule has 0 amide bonds. The van der Waals surface area contributed by atoms with E-state index in [0.29, 0.717) is 0 Å². The molecule has 0 bridgehead atoms. The van der Waals surface area contributed by atoms with Gasteiger partial charge in [0.05, 0.1) is 6.07 Å². The molecule has 1 saturated heterocycles. The zero-order valence-electron chi connectivity index (χ0n) is 13.7. The lowest BCUT2D eigenvalue weighted by molar-refractivity contribution is 0.476. The second-order valence-electron chi connectivity index (χ2n) is 6.17. The van der Waals surface area contributed by atoms with Gasteiger partial charge in [0.2, 0.25) is 5.88 Å². The van der Waals surface area contributed by atoms with Crippen LogP contribution in [0.5, 0.6) is 0 Å². The Kier molecular flexibility index (Phi) is 4.97. The fourth-order valence-corrected chi connectivity index (χ4v) is 3.21. The predicted octanol–water partition coefficient (Wildman–Crippen LogP) is 4.04. The number of hydrogen-bond donors (Lipinski definition) is 0. The first-order chi connectivity index (χ1) is 11.3. The first-order valence-electron chi connectivity index (χ1n) is 8.44. The van der Waals surface area contributed by atoms with E-state index < -0.39 is 0 Å². The molecular weight excluding hydrogens is 286 g/mol. The summed E-state index contributed by atoms with van der Waals surface area (Å²) in [6.45, 7) is 2.86. The maximum absolute atomic E-state index is 9.22. The van der Waals surface area contributed by atoms with Gasteiger partial charge in [-0.05, 0) is 44.6 Å². The normalized spacial score (nSPS) is 17.4. The number of benzene rings is 1. The van der Waals surface area contributed by atoms with Gasteiger partial charge in [-0.1, -0.05) is 30.3 Å². The fourth-order valence-electron chi connectivity index (χ4n) is 3.21. The molecule has 120 valence electrons. The van der Waals surface area contributed by atoms with E-state index in [2.05, 4.69) is 40.2 Å². The number of nitriles is 1. The van der Waals surface area contributed by atoms with Gasteiger partial charge in [-0.15, -0.1) is 0 Å². The number of nitrogens with zero attached hydrogens (tertiary/aromatic N) is 3. The van der Waals surface area contributed by atoms with E-state index in [9.17, 15) is 5.26 Å². The first-order valence-corrected chi connectivity index (χ1v) is 8.44. The summed E-state index contributed by atoms with van der Waals surface area (Å²) in [6.07, 6.45) is 6.11. The monoisotopic (exact) mass is 309 g/mol. The van der Waals surface area contributed by atoms with E-state index in [0.717, 1.165) is 62.5 Å². The average Bonchev–Trinajstić information content (AvgIpc) is 3.18. The Balaban J connectivity index is 1.53. The van der Waals surface area contributed by atoms with Crippen LogP contribution in [0.4, 0.5) is 5.88 Å². The topological polar surface area (TPSA) is 53.1 Å². The quantitative estimate of drug-likeness (QED) is 0.756.